The molecular weight excluding hydrogens is 376 g/mol. The van der Waals surface area contributed by atoms with Crippen LogP contribution in [0.4, 0.5) is 0 Å². The molecular formula is C18H34O4S3. The molecule has 2 heterocycles. The molecule has 2 aliphatic rings. The van der Waals surface area contributed by atoms with E-state index in [1.807, 2.05) is 0 Å². The molecule has 0 radical (unpaired) electrons. The normalized spacial score (nSPS) is 21.6. The van der Waals surface area contributed by atoms with Gasteiger partial charge in [-0.15, -0.1) is 0 Å². The van der Waals surface area contributed by atoms with Gasteiger partial charge in [-0.1, -0.05) is 0 Å². The summed E-state index contributed by atoms with van der Waals surface area (Å²) in [5, 5.41) is 0. The summed E-state index contributed by atoms with van der Waals surface area (Å²) >= 11 is 6.25. The average Bonchev–Trinajstić information content (AvgIpc) is 3.52. The van der Waals surface area contributed by atoms with Gasteiger partial charge in [-0.25, -0.2) is 0 Å². The fraction of sp³-hybridized carbons (Fsp3) is 1.00. The van der Waals surface area contributed by atoms with Crippen molar-refractivity contribution in [2.24, 2.45) is 0 Å². The first-order valence-electron chi connectivity index (χ1n) is 9.57. The highest BCUT2D eigenvalue weighted by molar-refractivity contribution is 8.00. The molecule has 0 aromatic heterocycles. The minimum absolute atomic E-state index is 0.407. The van der Waals surface area contributed by atoms with E-state index >= 15 is 0 Å². The lowest BCUT2D eigenvalue weighted by molar-refractivity contribution is 0.117. The van der Waals surface area contributed by atoms with Crippen LogP contribution in [0.25, 0.3) is 0 Å². The lowest BCUT2D eigenvalue weighted by Gasteiger charge is -2.04. The lowest BCUT2D eigenvalue weighted by atomic mass is 10.5. The van der Waals surface area contributed by atoms with E-state index in [4.69, 9.17) is 18.9 Å². The summed E-state index contributed by atoms with van der Waals surface area (Å²) in [7, 11) is 0. The third kappa shape index (κ3) is 15.6. The molecule has 0 N–H and O–H groups in total. The minimum Gasteiger partial charge on any atom is -0.379 e. The van der Waals surface area contributed by atoms with Crippen LogP contribution in [0.5, 0.6) is 0 Å². The van der Waals surface area contributed by atoms with Crippen molar-refractivity contribution in [2.45, 2.75) is 37.9 Å². The maximum atomic E-state index is 5.53. The minimum atomic E-state index is 0.407. The van der Waals surface area contributed by atoms with Crippen molar-refractivity contribution in [1.82, 2.24) is 0 Å². The smallest absolute Gasteiger partial charge is 0.104 e. The van der Waals surface area contributed by atoms with Crippen LogP contribution in [0, 0.1) is 0 Å². The standard InChI is InChI=1S/C18H34O4S3/c1(5-19-13-17-15-21-17)7-23-9-3-11-25-12-4-10-24-8-2-6-20-14-18-16-22-18/h17-18H,1-16H2. The second-order valence-electron chi connectivity index (χ2n) is 6.31. The molecule has 0 amide bonds. The molecule has 25 heavy (non-hydrogen) atoms. The summed E-state index contributed by atoms with van der Waals surface area (Å²) in [5.41, 5.74) is 0. The number of thioether (sulfide) groups is 3. The Hall–Kier alpha value is 0.890. The Balaban J connectivity index is 1.14. The quantitative estimate of drug-likeness (QED) is 0.224. The van der Waals surface area contributed by atoms with Gasteiger partial charge in [0.2, 0.25) is 0 Å². The van der Waals surface area contributed by atoms with Crippen LogP contribution in [0.2, 0.25) is 0 Å². The van der Waals surface area contributed by atoms with Gasteiger partial charge in [-0.05, 0) is 60.2 Å². The highest BCUT2D eigenvalue weighted by Crippen LogP contribution is 2.13. The van der Waals surface area contributed by atoms with Crippen LogP contribution in [0.1, 0.15) is 25.7 Å². The summed E-state index contributed by atoms with van der Waals surface area (Å²) < 4.78 is 21.3. The second-order valence-corrected chi connectivity index (χ2v) is 9.99. The number of epoxide rings is 2. The molecule has 4 nitrogen and oxygen atoms in total. The van der Waals surface area contributed by atoms with Gasteiger partial charge in [0.15, 0.2) is 0 Å². The Morgan fingerprint density at radius 2 is 0.960 bits per heavy atom. The lowest BCUT2D eigenvalue weighted by Crippen LogP contribution is -2.03. The van der Waals surface area contributed by atoms with Crippen molar-refractivity contribution in [1.29, 1.82) is 0 Å². The monoisotopic (exact) mass is 410 g/mol. The van der Waals surface area contributed by atoms with Crippen LogP contribution in [-0.4, -0.2) is 86.4 Å². The van der Waals surface area contributed by atoms with E-state index in [0.29, 0.717) is 12.2 Å². The van der Waals surface area contributed by atoms with Crippen molar-refractivity contribution >= 4 is 35.3 Å². The van der Waals surface area contributed by atoms with Gasteiger partial charge in [0, 0.05) is 13.2 Å². The molecule has 0 bridgehead atoms. The van der Waals surface area contributed by atoms with Crippen LogP contribution >= 0.6 is 35.3 Å². The SMILES string of the molecule is C(COCC1CO1)CSCCCSCCCSCCCOCC1CO1. The molecule has 2 unspecified atom stereocenters. The summed E-state index contributed by atoms with van der Waals surface area (Å²) in [6.07, 6.45) is 5.82. The molecule has 2 fully saturated rings. The third-order valence-corrected chi connectivity index (χ3v) is 7.19. The first-order valence-corrected chi connectivity index (χ1v) is 13.0. The Kier molecular flexibility index (Phi) is 14.1. The van der Waals surface area contributed by atoms with Crippen molar-refractivity contribution in [3.8, 4) is 0 Å². The molecule has 0 spiro atoms. The van der Waals surface area contributed by atoms with Gasteiger partial charge < -0.3 is 18.9 Å². The molecule has 2 saturated heterocycles. The van der Waals surface area contributed by atoms with E-state index in [1.54, 1.807) is 0 Å². The largest absolute Gasteiger partial charge is 0.379 e. The summed E-state index contributed by atoms with van der Waals surface area (Å²) in [6.45, 7) is 5.17. The Morgan fingerprint density at radius 3 is 1.32 bits per heavy atom. The zero-order valence-corrected chi connectivity index (χ0v) is 17.8. The van der Waals surface area contributed by atoms with E-state index in [9.17, 15) is 0 Å². The first kappa shape index (κ1) is 22.2. The fourth-order valence-electron chi connectivity index (χ4n) is 2.12. The van der Waals surface area contributed by atoms with Crippen LogP contribution in [0.3, 0.4) is 0 Å². The fourth-order valence-corrected chi connectivity index (χ4v) is 5.13. The van der Waals surface area contributed by atoms with E-state index < -0.39 is 0 Å². The number of hydrogen-bond acceptors (Lipinski definition) is 7. The van der Waals surface area contributed by atoms with Crippen molar-refractivity contribution in [3.63, 3.8) is 0 Å². The average molecular weight is 411 g/mol. The third-order valence-electron chi connectivity index (χ3n) is 3.72. The number of ether oxygens (including phenoxy) is 4. The van der Waals surface area contributed by atoms with Gasteiger partial charge in [-0.3, -0.25) is 0 Å². The number of rotatable bonds is 20. The van der Waals surface area contributed by atoms with Crippen molar-refractivity contribution in [2.75, 3.05) is 74.2 Å². The van der Waals surface area contributed by atoms with Crippen LogP contribution < -0.4 is 0 Å². The Labute approximate surface area is 166 Å². The highest BCUT2D eigenvalue weighted by Gasteiger charge is 2.22. The van der Waals surface area contributed by atoms with E-state index in [-0.39, 0.29) is 0 Å². The summed E-state index contributed by atoms with van der Waals surface area (Å²) in [5.74, 6) is 7.65. The number of hydrogen-bond donors (Lipinski definition) is 0. The molecule has 2 rings (SSSR count). The molecule has 2 aliphatic heterocycles. The van der Waals surface area contributed by atoms with Gasteiger partial charge in [0.25, 0.3) is 0 Å². The zero-order chi connectivity index (χ0) is 17.4. The van der Waals surface area contributed by atoms with Gasteiger partial charge in [0.1, 0.15) is 12.2 Å². The molecule has 2 atom stereocenters. The maximum Gasteiger partial charge on any atom is 0.104 e. The van der Waals surface area contributed by atoms with Gasteiger partial charge in [0.05, 0.1) is 26.4 Å². The Bertz CT molecular complexity index is 274. The molecule has 148 valence electrons. The van der Waals surface area contributed by atoms with Crippen LogP contribution in [0.15, 0.2) is 0 Å². The van der Waals surface area contributed by atoms with Crippen molar-refractivity contribution < 1.29 is 18.9 Å². The van der Waals surface area contributed by atoms with E-state index in [2.05, 4.69) is 35.3 Å². The van der Waals surface area contributed by atoms with Crippen molar-refractivity contribution in [3.05, 3.63) is 0 Å². The van der Waals surface area contributed by atoms with Gasteiger partial charge in [-0.2, -0.15) is 35.3 Å². The first-order chi connectivity index (χ1) is 12.4. The molecule has 0 aromatic rings. The second kappa shape index (κ2) is 15.9. The maximum absolute atomic E-state index is 5.53. The summed E-state index contributed by atoms with van der Waals surface area (Å²) in [4.78, 5) is 0. The van der Waals surface area contributed by atoms with E-state index in [1.165, 1.54) is 60.2 Å². The van der Waals surface area contributed by atoms with Crippen LogP contribution in [-0.2, 0) is 18.9 Å². The molecule has 0 aromatic carbocycles. The summed E-state index contributed by atoms with van der Waals surface area (Å²) in [6, 6.07) is 0. The topological polar surface area (TPSA) is 43.5 Å². The predicted molar refractivity (Wildman–Crippen MR) is 112 cm³/mol. The zero-order valence-electron chi connectivity index (χ0n) is 15.3. The van der Waals surface area contributed by atoms with E-state index in [0.717, 1.165) is 39.6 Å². The highest BCUT2D eigenvalue weighted by atomic mass is 32.2. The molecule has 0 aliphatic carbocycles. The predicted octanol–water partition coefficient (Wildman–Crippen LogP) is 3.58. The molecule has 0 saturated carbocycles. The Morgan fingerprint density at radius 1 is 0.600 bits per heavy atom. The van der Waals surface area contributed by atoms with Gasteiger partial charge >= 0.3 is 0 Å². The molecule has 7 heteroatoms.